The molecule has 4 nitrogen and oxygen atoms in total. The van der Waals surface area contributed by atoms with Crippen LogP contribution in [0.25, 0.3) is 10.2 Å². The van der Waals surface area contributed by atoms with Crippen molar-refractivity contribution in [1.82, 2.24) is 9.88 Å². The molecule has 1 aromatic heterocycles. The zero-order valence-corrected chi connectivity index (χ0v) is 16.5. The summed E-state index contributed by atoms with van der Waals surface area (Å²) >= 11 is 7.71. The van der Waals surface area contributed by atoms with Crippen LogP contribution >= 0.6 is 22.9 Å². The molecule has 2 heterocycles. The average Bonchev–Trinajstić information content (AvgIpc) is 3.11. The van der Waals surface area contributed by atoms with Crippen LogP contribution in [0.4, 0.5) is 9.52 Å². The van der Waals surface area contributed by atoms with Crippen LogP contribution in [0.15, 0.2) is 36.4 Å². The quantitative estimate of drug-likeness (QED) is 0.640. The molecule has 0 radical (unpaired) electrons. The summed E-state index contributed by atoms with van der Waals surface area (Å²) in [7, 11) is 0. The molecular weight excluding hydrogens is 385 g/mol. The predicted octanol–water partition coefficient (Wildman–Crippen LogP) is 4.61. The second-order valence-corrected chi connectivity index (χ2v) is 7.94. The van der Waals surface area contributed by atoms with Crippen LogP contribution in [-0.4, -0.2) is 42.0 Å². The third kappa shape index (κ3) is 3.51. The summed E-state index contributed by atoms with van der Waals surface area (Å²) in [6.45, 7) is 4.50. The molecule has 1 fully saturated rings. The standard InChI is InChI=1S/C20H19ClFN3OS/c1-2-13-6-7-16-17(12-13)27-20(23-16)25-10-8-24(9-11-25)19(26)18-14(21)4-3-5-15(18)22/h3-7,12H,2,8-11H2,1H3. The Kier molecular flexibility index (Phi) is 5.02. The molecule has 0 aliphatic carbocycles. The highest BCUT2D eigenvalue weighted by Gasteiger charge is 2.27. The highest BCUT2D eigenvalue weighted by molar-refractivity contribution is 7.22. The second-order valence-electron chi connectivity index (χ2n) is 6.53. The van der Waals surface area contributed by atoms with Gasteiger partial charge in [-0.25, -0.2) is 9.37 Å². The summed E-state index contributed by atoms with van der Waals surface area (Å²) in [5.41, 5.74) is 2.26. The lowest BCUT2D eigenvalue weighted by molar-refractivity contribution is 0.0742. The van der Waals surface area contributed by atoms with Crippen molar-refractivity contribution in [3.05, 3.63) is 58.4 Å². The Morgan fingerprint density at radius 1 is 1.22 bits per heavy atom. The number of nitrogens with zero attached hydrogens (tertiary/aromatic N) is 3. The van der Waals surface area contributed by atoms with Gasteiger partial charge in [-0.3, -0.25) is 4.79 Å². The molecule has 1 amide bonds. The number of hydrogen-bond donors (Lipinski definition) is 0. The summed E-state index contributed by atoms with van der Waals surface area (Å²) < 4.78 is 15.2. The van der Waals surface area contributed by atoms with Crippen molar-refractivity contribution in [2.75, 3.05) is 31.1 Å². The smallest absolute Gasteiger partial charge is 0.258 e. The van der Waals surface area contributed by atoms with E-state index in [9.17, 15) is 9.18 Å². The maximum atomic E-state index is 14.0. The van der Waals surface area contributed by atoms with Crippen molar-refractivity contribution < 1.29 is 9.18 Å². The monoisotopic (exact) mass is 403 g/mol. The number of carbonyl (C=O) groups excluding carboxylic acids is 1. The molecule has 27 heavy (non-hydrogen) atoms. The molecule has 7 heteroatoms. The van der Waals surface area contributed by atoms with Crippen LogP contribution in [0.3, 0.4) is 0 Å². The van der Waals surface area contributed by atoms with Gasteiger partial charge in [0.2, 0.25) is 0 Å². The van der Waals surface area contributed by atoms with Gasteiger partial charge in [-0.05, 0) is 36.2 Å². The molecule has 4 rings (SSSR count). The second kappa shape index (κ2) is 7.44. The number of hydrogen-bond acceptors (Lipinski definition) is 4. The van der Waals surface area contributed by atoms with Crippen LogP contribution in [0, 0.1) is 5.82 Å². The van der Waals surface area contributed by atoms with Crippen molar-refractivity contribution in [2.45, 2.75) is 13.3 Å². The number of aryl methyl sites for hydroxylation is 1. The molecule has 0 atom stereocenters. The lowest BCUT2D eigenvalue weighted by atomic mass is 10.1. The van der Waals surface area contributed by atoms with E-state index >= 15 is 0 Å². The molecule has 0 unspecified atom stereocenters. The van der Waals surface area contributed by atoms with Crippen LogP contribution < -0.4 is 4.90 Å². The Bertz CT molecular complexity index is 978. The lowest BCUT2D eigenvalue weighted by Gasteiger charge is -2.34. The Labute approximate surface area is 166 Å². The lowest BCUT2D eigenvalue weighted by Crippen LogP contribution is -2.49. The number of halogens is 2. The predicted molar refractivity (Wildman–Crippen MR) is 109 cm³/mol. The van der Waals surface area contributed by atoms with Crippen LogP contribution in [0.5, 0.6) is 0 Å². The van der Waals surface area contributed by atoms with Crippen LogP contribution in [0.1, 0.15) is 22.8 Å². The van der Waals surface area contributed by atoms with E-state index in [0.717, 1.165) is 17.1 Å². The molecule has 0 N–H and O–H groups in total. The largest absolute Gasteiger partial charge is 0.345 e. The van der Waals surface area contributed by atoms with Crippen molar-refractivity contribution in [2.24, 2.45) is 0 Å². The fourth-order valence-corrected chi connectivity index (χ4v) is 4.60. The Hall–Kier alpha value is -2.18. The van der Waals surface area contributed by atoms with E-state index in [1.165, 1.54) is 22.4 Å². The molecule has 1 aliphatic heterocycles. The SMILES string of the molecule is CCc1ccc2nc(N3CCN(C(=O)c4c(F)cccc4Cl)CC3)sc2c1. The van der Waals surface area contributed by atoms with Gasteiger partial charge in [0.05, 0.1) is 20.8 Å². The number of amides is 1. The summed E-state index contributed by atoms with van der Waals surface area (Å²) in [6.07, 6.45) is 1.00. The molecule has 0 saturated carbocycles. The van der Waals surface area contributed by atoms with Gasteiger partial charge in [0.25, 0.3) is 5.91 Å². The van der Waals surface area contributed by atoms with E-state index in [0.29, 0.717) is 26.2 Å². The first-order valence-corrected chi connectivity index (χ1v) is 10.1. The van der Waals surface area contributed by atoms with E-state index in [1.54, 1.807) is 22.3 Å². The summed E-state index contributed by atoms with van der Waals surface area (Å²) in [4.78, 5) is 21.2. The number of piperazine rings is 1. The summed E-state index contributed by atoms with van der Waals surface area (Å²) in [5.74, 6) is -0.928. The van der Waals surface area contributed by atoms with Crippen molar-refractivity contribution in [1.29, 1.82) is 0 Å². The van der Waals surface area contributed by atoms with Crippen molar-refractivity contribution in [3.8, 4) is 0 Å². The number of anilines is 1. The van der Waals surface area contributed by atoms with Gasteiger partial charge < -0.3 is 9.80 Å². The zero-order chi connectivity index (χ0) is 19.0. The number of benzene rings is 2. The molecule has 140 valence electrons. The molecule has 3 aromatic rings. The number of aromatic nitrogens is 1. The van der Waals surface area contributed by atoms with Crippen molar-refractivity contribution >= 4 is 44.2 Å². The maximum Gasteiger partial charge on any atom is 0.258 e. The van der Waals surface area contributed by atoms with E-state index in [-0.39, 0.29) is 16.5 Å². The van der Waals surface area contributed by atoms with E-state index in [1.807, 2.05) is 0 Å². The normalized spacial score (nSPS) is 14.8. The molecular formula is C20H19ClFN3OS. The average molecular weight is 404 g/mol. The number of rotatable bonds is 3. The topological polar surface area (TPSA) is 36.4 Å². The molecule has 2 aromatic carbocycles. The summed E-state index contributed by atoms with van der Waals surface area (Å²) in [5, 5.41) is 1.12. The minimum absolute atomic E-state index is 0.0419. The van der Waals surface area contributed by atoms with Gasteiger partial charge in [0, 0.05) is 26.2 Å². The van der Waals surface area contributed by atoms with Crippen molar-refractivity contribution in [3.63, 3.8) is 0 Å². The van der Waals surface area contributed by atoms with E-state index < -0.39 is 5.82 Å². The third-order valence-electron chi connectivity index (χ3n) is 4.86. The maximum absolute atomic E-state index is 14.0. The van der Waals surface area contributed by atoms with Gasteiger partial charge >= 0.3 is 0 Å². The Morgan fingerprint density at radius 3 is 2.70 bits per heavy atom. The van der Waals surface area contributed by atoms with Gasteiger partial charge in [-0.15, -0.1) is 0 Å². The third-order valence-corrected chi connectivity index (χ3v) is 6.26. The van der Waals surface area contributed by atoms with E-state index in [2.05, 4.69) is 30.0 Å². The fraction of sp³-hybridized carbons (Fsp3) is 0.300. The fourth-order valence-electron chi connectivity index (χ4n) is 3.27. The highest BCUT2D eigenvalue weighted by Crippen LogP contribution is 2.30. The molecule has 1 saturated heterocycles. The highest BCUT2D eigenvalue weighted by atomic mass is 35.5. The van der Waals surface area contributed by atoms with Gasteiger partial charge in [-0.1, -0.05) is 42.0 Å². The van der Waals surface area contributed by atoms with E-state index in [4.69, 9.17) is 16.6 Å². The minimum atomic E-state index is -0.576. The molecule has 0 spiro atoms. The molecule has 0 bridgehead atoms. The number of fused-ring (bicyclic) bond motifs is 1. The van der Waals surface area contributed by atoms with Gasteiger partial charge in [-0.2, -0.15) is 0 Å². The van der Waals surface area contributed by atoms with Crippen LogP contribution in [-0.2, 0) is 6.42 Å². The zero-order valence-electron chi connectivity index (χ0n) is 14.9. The first-order valence-electron chi connectivity index (χ1n) is 8.94. The Balaban J connectivity index is 1.48. The number of carbonyl (C=O) groups is 1. The number of thiazole rings is 1. The first kappa shape index (κ1) is 18.2. The minimum Gasteiger partial charge on any atom is -0.345 e. The Morgan fingerprint density at radius 2 is 2.00 bits per heavy atom. The van der Waals surface area contributed by atoms with Crippen LogP contribution in [0.2, 0.25) is 5.02 Å². The first-order chi connectivity index (χ1) is 13.1. The summed E-state index contributed by atoms with van der Waals surface area (Å²) in [6, 6.07) is 10.7. The molecule has 1 aliphatic rings. The van der Waals surface area contributed by atoms with Gasteiger partial charge in [0.15, 0.2) is 5.13 Å². The van der Waals surface area contributed by atoms with Gasteiger partial charge in [0.1, 0.15) is 5.82 Å².